The van der Waals surface area contributed by atoms with Crippen LogP contribution in [-0.4, -0.2) is 23.1 Å². The van der Waals surface area contributed by atoms with Crippen molar-refractivity contribution in [2.24, 2.45) is 0 Å². The molecular formula is C17H12F5NOS. The van der Waals surface area contributed by atoms with Crippen molar-refractivity contribution in [2.45, 2.75) is 11.6 Å². The second-order valence-electron chi connectivity index (χ2n) is 5.46. The van der Waals surface area contributed by atoms with Crippen molar-refractivity contribution >= 4 is 17.7 Å². The summed E-state index contributed by atoms with van der Waals surface area (Å²) in [6.45, 7) is 0.325. The van der Waals surface area contributed by atoms with Crippen molar-refractivity contribution in [2.75, 3.05) is 12.3 Å². The molecule has 2 aromatic carbocycles. The van der Waals surface area contributed by atoms with Gasteiger partial charge in [-0.25, -0.2) is 8.78 Å². The molecule has 1 atom stereocenters. The third-order valence-corrected chi connectivity index (χ3v) is 5.08. The molecular weight excluding hydrogens is 361 g/mol. The molecule has 1 saturated heterocycles. The number of halogens is 5. The minimum Gasteiger partial charge on any atom is -0.322 e. The standard InChI is InChI=1S/C17H12F5NOS/c18-12-5-6-13(14(19)9-12)16-23(7-8-25-16)15(24)10-1-3-11(4-2-10)17(20,21)22/h1-6,9,16H,7-8H2. The van der Waals surface area contributed by atoms with Crippen LogP contribution in [0.3, 0.4) is 0 Å². The Morgan fingerprint density at radius 1 is 1.08 bits per heavy atom. The van der Waals surface area contributed by atoms with Gasteiger partial charge in [0.25, 0.3) is 5.91 Å². The fourth-order valence-electron chi connectivity index (χ4n) is 2.61. The van der Waals surface area contributed by atoms with Gasteiger partial charge in [-0.05, 0) is 30.3 Å². The largest absolute Gasteiger partial charge is 0.416 e. The molecule has 1 fully saturated rings. The zero-order valence-electron chi connectivity index (χ0n) is 12.7. The molecule has 0 radical (unpaired) electrons. The smallest absolute Gasteiger partial charge is 0.322 e. The second kappa shape index (κ2) is 6.67. The Kier molecular flexibility index (Phi) is 4.73. The number of benzene rings is 2. The number of amides is 1. The average molecular weight is 373 g/mol. The Morgan fingerprint density at radius 3 is 2.36 bits per heavy atom. The van der Waals surface area contributed by atoms with Crippen molar-refractivity contribution in [3.05, 3.63) is 70.8 Å². The molecule has 8 heteroatoms. The Labute approximate surface area is 144 Å². The summed E-state index contributed by atoms with van der Waals surface area (Å²) in [6.07, 6.45) is -4.48. The minimum absolute atomic E-state index is 0.0861. The molecule has 1 unspecified atom stereocenters. The molecule has 3 rings (SSSR count). The SMILES string of the molecule is O=C(c1ccc(C(F)(F)F)cc1)N1CCSC1c1ccc(F)cc1F. The first-order chi connectivity index (χ1) is 11.8. The van der Waals surface area contributed by atoms with Crippen molar-refractivity contribution in [3.63, 3.8) is 0 Å². The van der Waals surface area contributed by atoms with E-state index in [1.807, 2.05) is 0 Å². The van der Waals surface area contributed by atoms with Crippen LogP contribution in [0.2, 0.25) is 0 Å². The molecule has 2 aromatic rings. The van der Waals surface area contributed by atoms with E-state index in [0.29, 0.717) is 12.3 Å². The summed E-state index contributed by atoms with van der Waals surface area (Å²) >= 11 is 1.32. The molecule has 0 aromatic heterocycles. The van der Waals surface area contributed by atoms with Crippen LogP contribution in [0, 0.1) is 11.6 Å². The Bertz CT molecular complexity index is 791. The molecule has 132 valence electrons. The van der Waals surface area contributed by atoms with Crippen molar-refractivity contribution in [3.8, 4) is 0 Å². The number of carbonyl (C=O) groups is 1. The van der Waals surface area contributed by atoms with E-state index < -0.39 is 34.7 Å². The van der Waals surface area contributed by atoms with Crippen LogP contribution in [-0.2, 0) is 6.18 Å². The molecule has 0 aliphatic carbocycles. The summed E-state index contributed by atoms with van der Waals surface area (Å²) in [5.41, 5.74) is -0.590. The Hall–Kier alpha value is -2.09. The number of thioether (sulfide) groups is 1. The van der Waals surface area contributed by atoms with Gasteiger partial charge in [-0.1, -0.05) is 6.07 Å². The lowest BCUT2D eigenvalue weighted by Gasteiger charge is -2.24. The number of hydrogen-bond donors (Lipinski definition) is 0. The van der Waals surface area contributed by atoms with Crippen molar-refractivity contribution < 1.29 is 26.7 Å². The molecule has 0 N–H and O–H groups in total. The third kappa shape index (κ3) is 3.63. The van der Waals surface area contributed by atoms with Crippen LogP contribution in [0.25, 0.3) is 0 Å². The summed E-state index contributed by atoms with van der Waals surface area (Å²) < 4.78 is 64.9. The molecule has 0 saturated carbocycles. The second-order valence-corrected chi connectivity index (χ2v) is 6.65. The maximum Gasteiger partial charge on any atom is 0.416 e. The summed E-state index contributed by atoms with van der Waals surface area (Å²) in [5, 5.41) is -0.643. The minimum atomic E-state index is -4.48. The molecule has 1 amide bonds. The van der Waals surface area contributed by atoms with Gasteiger partial charge in [0.15, 0.2) is 0 Å². The average Bonchev–Trinajstić information content (AvgIpc) is 3.03. The summed E-state index contributed by atoms with van der Waals surface area (Å²) in [5.74, 6) is -1.42. The summed E-state index contributed by atoms with van der Waals surface area (Å²) in [6, 6.07) is 7.01. The molecule has 0 spiro atoms. The van der Waals surface area contributed by atoms with Crippen molar-refractivity contribution in [1.29, 1.82) is 0 Å². The van der Waals surface area contributed by atoms with E-state index in [-0.39, 0.29) is 11.1 Å². The maximum absolute atomic E-state index is 14.0. The van der Waals surface area contributed by atoms with Crippen LogP contribution in [0.5, 0.6) is 0 Å². The lowest BCUT2D eigenvalue weighted by molar-refractivity contribution is -0.137. The van der Waals surface area contributed by atoms with Gasteiger partial charge in [0.1, 0.15) is 17.0 Å². The zero-order chi connectivity index (χ0) is 18.2. The Morgan fingerprint density at radius 2 is 1.76 bits per heavy atom. The lowest BCUT2D eigenvalue weighted by Crippen LogP contribution is -2.30. The monoisotopic (exact) mass is 373 g/mol. The van der Waals surface area contributed by atoms with Gasteiger partial charge in [-0.3, -0.25) is 4.79 Å². The fraction of sp³-hybridized carbons (Fsp3) is 0.235. The Balaban J connectivity index is 1.86. The van der Waals surface area contributed by atoms with Crippen molar-refractivity contribution in [1.82, 2.24) is 4.90 Å². The van der Waals surface area contributed by atoms with E-state index in [9.17, 15) is 26.7 Å². The van der Waals surface area contributed by atoms with Gasteiger partial charge < -0.3 is 4.90 Å². The number of carbonyl (C=O) groups excluding carboxylic acids is 1. The van der Waals surface area contributed by atoms with Gasteiger partial charge in [-0.2, -0.15) is 13.2 Å². The third-order valence-electron chi connectivity index (χ3n) is 3.84. The van der Waals surface area contributed by atoms with Gasteiger partial charge in [-0.15, -0.1) is 11.8 Å². The van der Waals surface area contributed by atoms with Crippen LogP contribution < -0.4 is 0 Å². The first-order valence-electron chi connectivity index (χ1n) is 7.32. The van der Waals surface area contributed by atoms with E-state index in [2.05, 4.69) is 0 Å². The predicted molar refractivity (Wildman–Crippen MR) is 84.0 cm³/mol. The topological polar surface area (TPSA) is 20.3 Å². The summed E-state index contributed by atoms with van der Waals surface area (Å²) in [4.78, 5) is 14.0. The number of nitrogens with zero attached hydrogens (tertiary/aromatic N) is 1. The van der Waals surface area contributed by atoms with E-state index >= 15 is 0 Å². The van der Waals surface area contributed by atoms with Gasteiger partial charge in [0.2, 0.25) is 0 Å². The summed E-state index contributed by atoms with van der Waals surface area (Å²) in [7, 11) is 0. The quantitative estimate of drug-likeness (QED) is 0.700. The maximum atomic E-state index is 14.0. The van der Waals surface area contributed by atoms with Gasteiger partial charge in [0, 0.05) is 29.5 Å². The molecule has 1 aliphatic rings. The number of alkyl halides is 3. The van der Waals surface area contributed by atoms with Crippen LogP contribution in [0.4, 0.5) is 22.0 Å². The van der Waals surface area contributed by atoms with E-state index in [4.69, 9.17) is 0 Å². The van der Waals surface area contributed by atoms with E-state index in [1.165, 1.54) is 22.7 Å². The predicted octanol–water partition coefficient (Wildman–Crippen LogP) is 4.87. The van der Waals surface area contributed by atoms with Gasteiger partial charge in [0.05, 0.1) is 5.56 Å². The highest BCUT2D eigenvalue weighted by atomic mass is 32.2. The number of hydrogen-bond acceptors (Lipinski definition) is 2. The van der Waals surface area contributed by atoms with Crippen LogP contribution in [0.15, 0.2) is 42.5 Å². The highest BCUT2D eigenvalue weighted by Crippen LogP contribution is 2.40. The molecule has 1 heterocycles. The molecule has 0 bridgehead atoms. The number of rotatable bonds is 2. The van der Waals surface area contributed by atoms with E-state index in [1.54, 1.807) is 0 Å². The lowest BCUT2D eigenvalue weighted by atomic mass is 10.1. The highest BCUT2D eigenvalue weighted by molar-refractivity contribution is 7.99. The first kappa shape index (κ1) is 17.7. The van der Waals surface area contributed by atoms with E-state index in [0.717, 1.165) is 36.4 Å². The van der Waals surface area contributed by atoms with Gasteiger partial charge >= 0.3 is 6.18 Å². The van der Waals surface area contributed by atoms with Crippen LogP contribution in [0.1, 0.15) is 26.9 Å². The normalized spacial score (nSPS) is 17.8. The molecule has 25 heavy (non-hydrogen) atoms. The fourth-order valence-corrected chi connectivity index (χ4v) is 3.88. The molecule has 1 aliphatic heterocycles. The zero-order valence-corrected chi connectivity index (χ0v) is 13.5. The highest BCUT2D eigenvalue weighted by Gasteiger charge is 2.34. The first-order valence-corrected chi connectivity index (χ1v) is 8.37. The van der Waals surface area contributed by atoms with Crippen LogP contribution >= 0.6 is 11.8 Å². The molecule has 2 nitrogen and oxygen atoms in total.